The molecule has 0 aliphatic heterocycles. The maximum atomic E-state index is 4.10. The highest BCUT2D eigenvalue weighted by molar-refractivity contribution is 9.10. The highest BCUT2D eigenvalue weighted by Gasteiger charge is 2.02. The monoisotopic (exact) mass is 328 g/mol. The Morgan fingerprint density at radius 3 is 2.40 bits per heavy atom. The molecule has 1 heterocycles. The Hall–Kier alpha value is -0.610. The van der Waals surface area contributed by atoms with E-state index >= 15 is 0 Å². The van der Waals surface area contributed by atoms with E-state index in [0.717, 1.165) is 27.6 Å². The van der Waals surface area contributed by atoms with Crippen LogP contribution in [0, 0.1) is 0 Å². The van der Waals surface area contributed by atoms with Crippen molar-refractivity contribution in [2.24, 2.45) is 0 Å². The summed E-state index contributed by atoms with van der Waals surface area (Å²) in [6, 6.07) is 8.40. The molecule has 0 amide bonds. The third-order valence-corrected chi connectivity index (χ3v) is 3.45. The Bertz CT molecular complexity index is 434. The number of hydrogen-bond acceptors (Lipinski definition) is 1. The maximum absolute atomic E-state index is 4.10. The quantitative estimate of drug-likeness (QED) is 0.913. The van der Waals surface area contributed by atoms with Crippen LogP contribution in [0.25, 0.3) is 0 Å². The zero-order valence-corrected chi connectivity index (χ0v) is 11.2. The molecule has 0 spiro atoms. The lowest BCUT2D eigenvalue weighted by molar-refractivity contribution is 0.919. The van der Waals surface area contributed by atoms with Gasteiger partial charge in [-0.3, -0.25) is 0 Å². The number of H-pyrrole nitrogens is 1. The molecule has 2 rings (SSSR count). The minimum absolute atomic E-state index is 0.916. The molecule has 78 valence electrons. The lowest BCUT2D eigenvalue weighted by Gasteiger charge is -2.00. The van der Waals surface area contributed by atoms with Crippen molar-refractivity contribution in [3.8, 4) is 0 Å². The normalized spacial score (nSPS) is 10.5. The van der Waals surface area contributed by atoms with Crippen LogP contribution in [0.3, 0.4) is 0 Å². The number of benzene rings is 1. The van der Waals surface area contributed by atoms with Gasteiger partial charge in [-0.1, -0.05) is 28.1 Å². The van der Waals surface area contributed by atoms with Crippen molar-refractivity contribution in [1.82, 2.24) is 9.97 Å². The molecule has 0 aliphatic carbocycles. The predicted octanol–water partition coefficient (Wildman–Crippen LogP) is 3.72. The van der Waals surface area contributed by atoms with Crippen molar-refractivity contribution in [3.05, 3.63) is 50.9 Å². The van der Waals surface area contributed by atoms with Crippen LogP contribution in [0.2, 0.25) is 0 Å². The third kappa shape index (κ3) is 2.92. The zero-order valence-electron chi connectivity index (χ0n) is 8.00. The first kappa shape index (κ1) is 10.9. The van der Waals surface area contributed by atoms with Gasteiger partial charge in [0.05, 0.1) is 6.33 Å². The number of imidazole rings is 1. The predicted molar refractivity (Wildman–Crippen MR) is 67.8 cm³/mol. The average Bonchev–Trinajstić information content (AvgIpc) is 2.63. The molecule has 0 radical (unpaired) electrons. The molecule has 0 unspecified atom stereocenters. The zero-order chi connectivity index (χ0) is 10.7. The highest BCUT2D eigenvalue weighted by Crippen LogP contribution is 2.15. The minimum Gasteiger partial charge on any atom is -0.348 e. The van der Waals surface area contributed by atoms with Crippen LogP contribution in [0.15, 0.2) is 39.7 Å². The highest BCUT2D eigenvalue weighted by atomic mass is 79.9. The van der Waals surface area contributed by atoms with Gasteiger partial charge in [-0.05, 0) is 46.5 Å². The number of aromatic amines is 1. The van der Waals surface area contributed by atoms with E-state index < -0.39 is 0 Å². The van der Waals surface area contributed by atoms with Crippen molar-refractivity contribution in [2.75, 3.05) is 0 Å². The van der Waals surface area contributed by atoms with Crippen LogP contribution < -0.4 is 0 Å². The molecule has 2 aromatic rings. The van der Waals surface area contributed by atoms with Crippen LogP contribution in [0.1, 0.15) is 11.3 Å². The van der Waals surface area contributed by atoms with E-state index in [-0.39, 0.29) is 0 Å². The standard InChI is InChI=1S/C11H10Br2N2/c12-9-4-1-8(2-5-9)3-6-10-11(13)15-7-14-10/h1-2,4-5,7H,3,6H2,(H,14,15). The number of nitrogens with zero attached hydrogens (tertiary/aromatic N) is 1. The molecule has 4 heteroatoms. The van der Waals surface area contributed by atoms with Gasteiger partial charge < -0.3 is 4.98 Å². The fraction of sp³-hybridized carbons (Fsp3) is 0.182. The lowest BCUT2D eigenvalue weighted by atomic mass is 10.1. The summed E-state index contributed by atoms with van der Waals surface area (Å²) >= 11 is 6.82. The van der Waals surface area contributed by atoms with Crippen molar-refractivity contribution < 1.29 is 0 Å². The first-order valence-corrected chi connectivity index (χ1v) is 6.26. The Labute approximate surface area is 105 Å². The summed E-state index contributed by atoms with van der Waals surface area (Å²) in [6.45, 7) is 0. The summed E-state index contributed by atoms with van der Waals surface area (Å²) < 4.78 is 2.04. The Morgan fingerprint density at radius 1 is 1.07 bits per heavy atom. The van der Waals surface area contributed by atoms with Crippen LogP contribution in [-0.2, 0) is 12.8 Å². The number of hydrogen-bond donors (Lipinski definition) is 1. The Balaban J connectivity index is 1.99. The smallest absolute Gasteiger partial charge is 0.127 e. The Morgan fingerprint density at radius 2 is 1.80 bits per heavy atom. The Kier molecular flexibility index (Phi) is 3.59. The topological polar surface area (TPSA) is 28.7 Å². The fourth-order valence-corrected chi connectivity index (χ4v) is 2.08. The molecule has 0 saturated heterocycles. The van der Waals surface area contributed by atoms with Crippen LogP contribution in [-0.4, -0.2) is 9.97 Å². The van der Waals surface area contributed by atoms with Gasteiger partial charge in [-0.25, -0.2) is 4.98 Å². The average molecular weight is 330 g/mol. The maximum Gasteiger partial charge on any atom is 0.127 e. The van der Waals surface area contributed by atoms with Crippen molar-refractivity contribution in [3.63, 3.8) is 0 Å². The number of aromatic nitrogens is 2. The largest absolute Gasteiger partial charge is 0.348 e. The minimum atomic E-state index is 0.916. The summed E-state index contributed by atoms with van der Waals surface area (Å²) in [4.78, 5) is 7.22. The second-order valence-corrected chi connectivity index (χ2v) is 4.97. The van der Waals surface area contributed by atoms with Crippen molar-refractivity contribution in [2.45, 2.75) is 12.8 Å². The molecule has 0 fully saturated rings. The summed E-state index contributed by atoms with van der Waals surface area (Å²) in [6.07, 6.45) is 3.71. The molecule has 1 aromatic heterocycles. The lowest BCUT2D eigenvalue weighted by Crippen LogP contribution is -1.92. The van der Waals surface area contributed by atoms with E-state index in [2.05, 4.69) is 66.1 Å². The third-order valence-electron chi connectivity index (χ3n) is 2.24. The van der Waals surface area contributed by atoms with E-state index in [1.807, 2.05) is 0 Å². The van der Waals surface area contributed by atoms with E-state index in [9.17, 15) is 0 Å². The van der Waals surface area contributed by atoms with E-state index in [1.165, 1.54) is 5.56 Å². The molecular formula is C11H10Br2N2. The van der Waals surface area contributed by atoms with E-state index in [0.29, 0.717) is 0 Å². The van der Waals surface area contributed by atoms with E-state index in [4.69, 9.17) is 0 Å². The van der Waals surface area contributed by atoms with Crippen LogP contribution >= 0.6 is 31.9 Å². The summed E-state index contributed by atoms with van der Waals surface area (Å²) in [7, 11) is 0. The second-order valence-electron chi connectivity index (χ2n) is 3.30. The summed E-state index contributed by atoms with van der Waals surface area (Å²) in [5.74, 6) is 0. The number of rotatable bonds is 3. The first-order chi connectivity index (χ1) is 7.25. The molecule has 0 bridgehead atoms. The summed E-state index contributed by atoms with van der Waals surface area (Å²) in [5.41, 5.74) is 2.48. The summed E-state index contributed by atoms with van der Waals surface area (Å²) in [5, 5.41) is 0. The molecule has 2 nitrogen and oxygen atoms in total. The van der Waals surface area contributed by atoms with Gasteiger partial charge in [0, 0.05) is 10.2 Å². The van der Waals surface area contributed by atoms with Gasteiger partial charge in [-0.2, -0.15) is 0 Å². The molecule has 1 N–H and O–H groups in total. The number of nitrogens with one attached hydrogen (secondary N) is 1. The first-order valence-electron chi connectivity index (χ1n) is 4.68. The SMILES string of the molecule is Brc1ccc(CCc2[nH]cnc2Br)cc1. The molecule has 15 heavy (non-hydrogen) atoms. The molecule has 0 atom stereocenters. The van der Waals surface area contributed by atoms with Crippen molar-refractivity contribution >= 4 is 31.9 Å². The number of aryl methyl sites for hydroxylation is 2. The van der Waals surface area contributed by atoms with Crippen LogP contribution in [0.4, 0.5) is 0 Å². The molecular weight excluding hydrogens is 320 g/mol. The van der Waals surface area contributed by atoms with Crippen molar-refractivity contribution in [1.29, 1.82) is 0 Å². The van der Waals surface area contributed by atoms with Gasteiger partial charge in [0.15, 0.2) is 0 Å². The fourth-order valence-electron chi connectivity index (χ4n) is 1.40. The molecule has 0 saturated carbocycles. The van der Waals surface area contributed by atoms with E-state index in [1.54, 1.807) is 6.33 Å². The van der Waals surface area contributed by atoms with Gasteiger partial charge in [0.25, 0.3) is 0 Å². The van der Waals surface area contributed by atoms with Crippen LogP contribution in [0.5, 0.6) is 0 Å². The number of halogens is 2. The van der Waals surface area contributed by atoms with Gasteiger partial charge in [-0.15, -0.1) is 0 Å². The van der Waals surface area contributed by atoms with Gasteiger partial charge in [0.1, 0.15) is 4.60 Å². The molecule has 1 aromatic carbocycles. The van der Waals surface area contributed by atoms with Gasteiger partial charge in [0.2, 0.25) is 0 Å². The second kappa shape index (κ2) is 4.94. The van der Waals surface area contributed by atoms with Gasteiger partial charge >= 0.3 is 0 Å². The molecule has 0 aliphatic rings.